The maximum absolute atomic E-state index is 11.5. The second-order valence-corrected chi connectivity index (χ2v) is 3.82. The average Bonchev–Trinajstić information content (AvgIpc) is 2.86. The van der Waals surface area contributed by atoms with Gasteiger partial charge >= 0.3 is 5.97 Å². The SMILES string of the molecule is O=C(OCCO)c1coc(Cc2ccccc2)c1. The van der Waals surface area contributed by atoms with Crippen molar-refractivity contribution >= 4 is 5.97 Å². The minimum Gasteiger partial charge on any atom is -0.468 e. The maximum Gasteiger partial charge on any atom is 0.341 e. The second kappa shape index (κ2) is 6.02. The van der Waals surface area contributed by atoms with Crippen LogP contribution in [-0.4, -0.2) is 24.3 Å². The van der Waals surface area contributed by atoms with Crippen molar-refractivity contribution in [3.63, 3.8) is 0 Å². The predicted molar refractivity (Wildman–Crippen MR) is 65.3 cm³/mol. The zero-order chi connectivity index (χ0) is 12.8. The van der Waals surface area contributed by atoms with Gasteiger partial charge in [0, 0.05) is 6.42 Å². The van der Waals surface area contributed by atoms with E-state index in [9.17, 15) is 4.79 Å². The van der Waals surface area contributed by atoms with Crippen LogP contribution in [0, 0.1) is 0 Å². The van der Waals surface area contributed by atoms with Crippen LogP contribution >= 0.6 is 0 Å². The molecule has 0 bridgehead atoms. The van der Waals surface area contributed by atoms with Crippen LogP contribution in [-0.2, 0) is 11.2 Å². The van der Waals surface area contributed by atoms with Crippen molar-refractivity contribution in [3.05, 3.63) is 59.5 Å². The Bertz CT molecular complexity index is 502. The highest BCUT2D eigenvalue weighted by Crippen LogP contribution is 2.14. The fourth-order valence-corrected chi connectivity index (χ4v) is 1.60. The first-order valence-electron chi connectivity index (χ1n) is 5.69. The van der Waals surface area contributed by atoms with Gasteiger partial charge in [-0.15, -0.1) is 0 Å². The van der Waals surface area contributed by atoms with E-state index in [2.05, 4.69) is 0 Å². The van der Waals surface area contributed by atoms with Crippen molar-refractivity contribution in [1.29, 1.82) is 0 Å². The third kappa shape index (κ3) is 3.21. The van der Waals surface area contributed by atoms with Crippen LogP contribution in [0.2, 0.25) is 0 Å². The number of rotatable bonds is 5. The fourth-order valence-electron chi connectivity index (χ4n) is 1.60. The standard InChI is InChI=1S/C14H14O4/c15-6-7-17-14(16)12-9-13(18-10-12)8-11-4-2-1-3-5-11/h1-5,9-10,15H,6-8H2. The Morgan fingerprint density at radius 2 is 2.06 bits per heavy atom. The Labute approximate surface area is 105 Å². The summed E-state index contributed by atoms with van der Waals surface area (Å²) in [5.74, 6) is 0.226. The van der Waals surface area contributed by atoms with Gasteiger partial charge in [-0.25, -0.2) is 4.79 Å². The summed E-state index contributed by atoms with van der Waals surface area (Å²) in [6.07, 6.45) is 2.01. The summed E-state index contributed by atoms with van der Waals surface area (Å²) in [6, 6.07) is 11.5. The number of benzene rings is 1. The Balaban J connectivity index is 2.00. The highest BCUT2D eigenvalue weighted by atomic mass is 16.5. The molecule has 18 heavy (non-hydrogen) atoms. The smallest absolute Gasteiger partial charge is 0.341 e. The van der Waals surface area contributed by atoms with Crippen LogP contribution in [0.15, 0.2) is 47.1 Å². The number of aliphatic hydroxyl groups is 1. The summed E-state index contributed by atoms with van der Waals surface area (Å²) in [4.78, 5) is 11.5. The Morgan fingerprint density at radius 1 is 1.28 bits per heavy atom. The van der Waals surface area contributed by atoms with E-state index in [1.807, 2.05) is 30.3 Å². The zero-order valence-electron chi connectivity index (χ0n) is 9.83. The van der Waals surface area contributed by atoms with Gasteiger partial charge in [0.05, 0.1) is 12.2 Å². The van der Waals surface area contributed by atoms with Gasteiger partial charge in [-0.1, -0.05) is 30.3 Å². The van der Waals surface area contributed by atoms with Gasteiger partial charge < -0.3 is 14.3 Å². The molecule has 1 N–H and O–H groups in total. The highest BCUT2D eigenvalue weighted by molar-refractivity contribution is 5.89. The van der Waals surface area contributed by atoms with Crippen LogP contribution in [0.3, 0.4) is 0 Å². The van der Waals surface area contributed by atoms with E-state index < -0.39 is 5.97 Å². The molecule has 1 aromatic carbocycles. The number of ether oxygens (including phenoxy) is 1. The van der Waals surface area contributed by atoms with E-state index in [1.165, 1.54) is 6.26 Å². The molecule has 0 unspecified atom stereocenters. The van der Waals surface area contributed by atoms with Crippen molar-refractivity contribution in [2.45, 2.75) is 6.42 Å². The molecule has 1 aromatic heterocycles. The molecule has 0 aliphatic heterocycles. The summed E-state index contributed by atoms with van der Waals surface area (Å²) in [5.41, 5.74) is 1.48. The fraction of sp³-hybridized carbons (Fsp3) is 0.214. The molecule has 4 heteroatoms. The van der Waals surface area contributed by atoms with E-state index in [0.717, 1.165) is 5.56 Å². The van der Waals surface area contributed by atoms with Gasteiger partial charge in [0.1, 0.15) is 18.6 Å². The van der Waals surface area contributed by atoms with Crippen LogP contribution < -0.4 is 0 Å². The molecule has 0 aliphatic rings. The molecule has 4 nitrogen and oxygen atoms in total. The van der Waals surface area contributed by atoms with Crippen LogP contribution in [0.5, 0.6) is 0 Å². The van der Waals surface area contributed by atoms with E-state index in [1.54, 1.807) is 6.07 Å². The third-order valence-corrected chi connectivity index (χ3v) is 2.44. The molecule has 1 heterocycles. The summed E-state index contributed by atoms with van der Waals surface area (Å²) in [6.45, 7) is -0.182. The molecule has 0 radical (unpaired) electrons. The predicted octanol–water partition coefficient (Wildman–Crippen LogP) is 2.02. The topological polar surface area (TPSA) is 59.7 Å². The number of carbonyl (C=O) groups is 1. The number of furan rings is 1. The Morgan fingerprint density at radius 3 is 2.78 bits per heavy atom. The number of hydrogen-bond acceptors (Lipinski definition) is 4. The summed E-state index contributed by atoms with van der Waals surface area (Å²) < 4.78 is 10.1. The minimum absolute atomic E-state index is 0.00195. The number of hydrogen-bond donors (Lipinski definition) is 1. The van der Waals surface area contributed by atoms with Gasteiger partial charge in [0.15, 0.2) is 0 Å². The number of aliphatic hydroxyl groups excluding tert-OH is 1. The van der Waals surface area contributed by atoms with Gasteiger partial charge in [0.25, 0.3) is 0 Å². The quantitative estimate of drug-likeness (QED) is 0.820. The van der Waals surface area contributed by atoms with Crippen molar-refractivity contribution < 1.29 is 19.1 Å². The highest BCUT2D eigenvalue weighted by Gasteiger charge is 2.11. The summed E-state index contributed by atoms with van der Waals surface area (Å²) in [7, 11) is 0. The van der Waals surface area contributed by atoms with Crippen LogP contribution in [0.25, 0.3) is 0 Å². The molecule has 0 fully saturated rings. The van der Waals surface area contributed by atoms with Crippen molar-refractivity contribution in [1.82, 2.24) is 0 Å². The lowest BCUT2D eigenvalue weighted by molar-refractivity contribution is 0.0433. The van der Waals surface area contributed by atoms with Gasteiger partial charge in [-0.3, -0.25) is 0 Å². The van der Waals surface area contributed by atoms with Crippen molar-refractivity contribution in [2.75, 3.05) is 13.2 Å². The minimum atomic E-state index is -0.480. The molecule has 0 spiro atoms. The molecule has 0 amide bonds. The molecular weight excluding hydrogens is 232 g/mol. The van der Waals surface area contributed by atoms with Crippen molar-refractivity contribution in [2.24, 2.45) is 0 Å². The van der Waals surface area contributed by atoms with Crippen molar-refractivity contribution in [3.8, 4) is 0 Å². The molecule has 94 valence electrons. The van der Waals surface area contributed by atoms with Gasteiger partial charge in [-0.2, -0.15) is 0 Å². The molecule has 0 aliphatic carbocycles. The second-order valence-electron chi connectivity index (χ2n) is 3.82. The molecular formula is C14H14O4. The molecule has 2 rings (SSSR count). The van der Waals surface area contributed by atoms with Crippen LogP contribution in [0.1, 0.15) is 21.7 Å². The first-order chi connectivity index (χ1) is 8.79. The Hall–Kier alpha value is -2.07. The van der Waals surface area contributed by atoms with Gasteiger partial charge in [0.2, 0.25) is 0 Å². The summed E-state index contributed by atoms with van der Waals surface area (Å²) >= 11 is 0. The van der Waals surface area contributed by atoms with Crippen LogP contribution in [0.4, 0.5) is 0 Å². The summed E-state index contributed by atoms with van der Waals surface area (Å²) in [5, 5.41) is 8.56. The average molecular weight is 246 g/mol. The number of carbonyl (C=O) groups excluding carboxylic acids is 1. The zero-order valence-corrected chi connectivity index (χ0v) is 9.83. The largest absolute Gasteiger partial charge is 0.468 e. The van der Waals surface area contributed by atoms with E-state index in [4.69, 9.17) is 14.3 Å². The Kier molecular flexibility index (Phi) is 4.15. The van der Waals surface area contributed by atoms with Gasteiger partial charge in [-0.05, 0) is 11.6 Å². The first kappa shape index (κ1) is 12.4. The van der Waals surface area contributed by atoms with E-state index in [-0.39, 0.29) is 13.2 Å². The molecule has 2 aromatic rings. The molecule has 0 saturated carbocycles. The lowest BCUT2D eigenvalue weighted by Crippen LogP contribution is -2.07. The third-order valence-electron chi connectivity index (χ3n) is 2.44. The first-order valence-corrected chi connectivity index (χ1v) is 5.69. The lowest BCUT2D eigenvalue weighted by atomic mass is 10.1. The number of esters is 1. The normalized spacial score (nSPS) is 10.3. The lowest BCUT2D eigenvalue weighted by Gasteiger charge is -1.98. The monoisotopic (exact) mass is 246 g/mol. The molecule has 0 atom stereocenters. The maximum atomic E-state index is 11.5. The molecule has 0 saturated heterocycles. The van der Waals surface area contributed by atoms with E-state index >= 15 is 0 Å². The van der Waals surface area contributed by atoms with E-state index in [0.29, 0.717) is 17.7 Å².